The van der Waals surface area contributed by atoms with Crippen LogP contribution >= 0.6 is 0 Å². The molecule has 27 nitrogen and oxygen atoms in total. The fourth-order valence-electron chi connectivity index (χ4n) is 11.1. The molecule has 0 radical (unpaired) electrons. The smallest absolute Gasteiger partial charge is 0.418 e. The number of hydrogen-bond donors (Lipinski definition) is 8. The van der Waals surface area contributed by atoms with Crippen molar-refractivity contribution in [1.82, 2.24) is 60.1 Å². The van der Waals surface area contributed by atoms with Gasteiger partial charge >= 0.3 is 18.2 Å². The zero-order valence-electron chi connectivity index (χ0n) is 66.9. The van der Waals surface area contributed by atoms with E-state index in [1.54, 1.807) is 67.1 Å². The number of nitrogens with two attached hydrogens (primary N) is 1. The molecule has 7 aromatic carbocycles. The van der Waals surface area contributed by atoms with Gasteiger partial charge in [-0.25, -0.2) is 48.7 Å². The number of nitrogen functional groups attached to an aromatic ring is 1. The lowest BCUT2D eigenvalue weighted by Gasteiger charge is -2.19. The summed E-state index contributed by atoms with van der Waals surface area (Å²) in [5.74, 6) is 4.79. The van der Waals surface area contributed by atoms with Crippen molar-refractivity contribution in [1.29, 1.82) is 0 Å². The Morgan fingerprint density at radius 1 is 0.452 bits per heavy atom. The first-order chi connectivity index (χ1) is 54.8. The fraction of sp³-hybridized carbons (Fsp3) is 0.250. The van der Waals surface area contributed by atoms with Crippen LogP contribution in [0.3, 0.4) is 0 Å². The maximum absolute atomic E-state index is 13.5. The zero-order chi connectivity index (χ0) is 82.0. The van der Waals surface area contributed by atoms with E-state index < -0.39 is 23.8 Å². The van der Waals surface area contributed by atoms with Gasteiger partial charge in [-0.05, 0) is 151 Å². The number of carbonyl (C=O) groups excluding carboxylic acids is 4. The molecule has 0 saturated heterocycles. The van der Waals surface area contributed by atoms with Crippen molar-refractivity contribution in [2.75, 3.05) is 39.0 Å². The second-order valence-electron chi connectivity index (χ2n) is 31.0. The molecule has 13 rings (SSSR count). The summed E-state index contributed by atoms with van der Waals surface area (Å²) < 4.78 is 31.9. The van der Waals surface area contributed by atoms with Gasteiger partial charge in [-0.1, -0.05) is 144 Å². The number of nitrogens with zero attached hydrogens (tertiary/aromatic N) is 10. The van der Waals surface area contributed by atoms with Crippen LogP contribution in [0.25, 0.3) is 32.9 Å². The molecule has 0 aliphatic carbocycles. The molecule has 0 aliphatic rings. The topological polar surface area (TPSA) is 338 Å². The van der Waals surface area contributed by atoms with E-state index in [0.29, 0.717) is 70.1 Å². The van der Waals surface area contributed by atoms with Gasteiger partial charge in [0.25, 0.3) is 5.91 Å². The fourth-order valence-corrected chi connectivity index (χ4v) is 11.1. The number of para-hydroxylation sites is 1. The maximum Gasteiger partial charge on any atom is 0.418 e. The molecule has 0 aliphatic heterocycles. The monoisotopic (exact) mass is 1550 g/mol. The van der Waals surface area contributed by atoms with Gasteiger partial charge in [0.15, 0.2) is 0 Å². The van der Waals surface area contributed by atoms with Gasteiger partial charge in [-0.15, -0.1) is 0 Å². The number of aromatic nitrogens is 10. The minimum absolute atomic E-state index is 0.0922. The molecular weight excluding hydrogens is 1450 g/mol. The summed E-state index contributed by atoms with van der Waals surface area (Å²) in [6, 6.07) is 58.9. The van der Waals surface area contributed by atoms with Gasteiger partial charge in [-0.2, -0.15) is 10.2 Å². The third-order valence-corrected chi connectivity index (χ3v) is 17.1. The number of amides is 5. The van der Waals surface area contributed by atoms with Crippen LogP contribution in [0.2, 0.25) is 0 Å². The van der Waals surface area contributed by atoms with Gasteiger partial charge in [0.2, 0.25) is 0 Å². The molecule has 592 valence electrons. The van der Waals surface area contributed by atoms with E-state index in [1.165, 1.54) is 12.4 Å². The summed E-state index contributed by atoms with van der Waals surface area (Å²) in [5.41, 5.74) is 14.5. The molecule has 0 atom stereocenters. The summed E-state index contributed by atoms with van der Waals surface area (Å²) in [5, 5.41) is 33.5. The van der Waals surface area contributed by atoms with Gasteiger partial charge in [0.1, 0.15) is 83.4 Å². The molecular formula is C88H96N18O9. The first-order valence-electron chi connectivity index (χ1n) is 37.3. The largest absolute Gasteiger partial charge is 0.488 e. The van der Waals surface area contributed by atoms with E-state index in [9.17, 15) is 19.2 Å². The van der Waals surface area contributed by atoms with Crippen LogP contribution in [-0.2, 0) is 40.1 Å². The Labute approximate surface area is 668 Å². The van der Waals surface area contributed by atoms with Crippen LogP contribution in [-0.4, -0.2) is 91.5 Å². The molecule has 13 aromatic rings. The lowest BCUT2D eigenvalue weighted by Crippen LogP contribution is -2.32. The van der Waals surface area contributed by atoms with Crippen molar-refractivity contribution in [3.63, 3.8) is 0 Å². The Hall–Kier alpha value is -13.8. The number of carbonyl (C=O) groups is 4. The highest BCUT2D eigenvalue weighted by Gasteiger charge is 2.25. The standard InChI is InChI=1S/C41H45N9O4.C26H28N6O3.C21H23N3O2/c1-26-12-14-29(15-13-26)50-37(21-34(49-50)40(2,3)4)48-38(51)46-32-16-17-33(31-11-9-8-10-30(31)32)53-25-27-18-19-42-35(20-27)47-36-24-43-28(22-44-36)23-45-39(52)54-41(5,6)7;1-26(2,3)35-16-31-25(33)21-13-30-24(14-29-21)32-23-12-17(10-11-28-23)15-34-22-9-8-20(27)18-6-4-5-7-19(18)22;1-15-10-12-16(13-11-15)24-19(14-18(23-24)21(2,3)4)22-20(25)26-17-8-6-5-7-9-17/h8-22,24H,23,25H2,1-7H3,(H,45,52)(H,42,44,47)(H2,46,48,51);4-14H,15-16,27H2,1-3H3,(H,31,33)(H,28,30,32);5-14H,1-4H3,(H,22,25). The highest BCUT2D eigenvalue weighted by molar-refractivity contribution is 6.07. The Balaban J connectivity index is 0.000000183. The van der Waals surface area contributed by atoms with E-state index in [-0.39, 0.29) is 47.9 Å². The third kappa shape index (κ3) is 23.9. The lowest BCUT2D eigenvalue weighted by atomic mass is 9.92. The van der Waals surface area contributed by atoms with Gasteiger partial charge in [-0.3, -0.25) is 20.4 Å². The Bertz CT molecular complexity index is 5500. The highest BCUT2D eigenvalue weighted by atomic mass is 16.6. The summed E-state index contributed by atoms with van der Waals surface area (Å²) in [7, 11) is 0. The maximum atomic E-state index is 13.5. The summed E-state index contributed by atoms with van der Waals surface area (Å²) >= 11 is 0. The number of benzene rings is 7. The van der Waals surface area contributed by atoms with E-state index in [0.717, 1.165) is 72.3 Å². The van der Waals surface area contributed by atoms with Crippen LogP contribution in [0.1, 0.15) is 133 Å². The summed E-state index contributed by atoms with van der Waals surface area (Å²) in [6.45, 7) is 28.6. The van der Waals surface area contributed by atoms with E-state index in [1.807, 2.05) is 211 Å². The quantitative estimate of drug-likeness (QED) is 0.0245. The molecule has 27 heteroatoms. The summed E-state index contributed by atoms with van der Waals surface area (Å²) in [4.78, 5) is 75.8. The van der Waals surface area contributed by atoms with Crippen molar-refractivity contribution < 1.29 is 42.9 Å². The Kier molecular flexibility index (Phi) is 26.1. The minimum atomic E-state index is -0.585. The normalized spacial score (nSPS) is 11.4. The SMILES string of the molecule is CC(C)(C)OCNC(=O)c1cnc(Nc2cc(COc3ccc(N)c4ccccc34)ccn2)cn1.Cc1ccc(-n2nc(C(C)(C)C)cc2NC(=O)Nc2ccc(OCc3ccnc(Nc4cnc(CNC(=O)OC(C)(C)C)cn4)c3)c3ccccc23)cc1.Cc1ccc(-n2nc(C(C)(C)C)cc2NC(=O)Oc2ccccc2)cc1. The second kappa shape index (κ2) is 36.6. The van der Waals surface area contributed by atoms with Crippen LogP contribution in [0.5, 0.6) is 17.2 Å². The average Bonchev–Trinajstić information content (AvgIpc) is 1.76. The van der Waals surface area contributed by atoms with E-state index in [2.05, 4.69) is 114 Å². The van der Waals surface area contributed by atoms with E-state index in [4.69, 9.17) is 34.5 Å². The highest BCUT2D eigenvalue weighted by Crippen LogP contribution is 2.35. The molecule has 9 N–H and O–H groups in total. The number of aryl methyl sites for hydroxylation is 2. The Morgan fingerprint density at radius 3 is 1.47 bits per heavy atom. The number of hydrogen-bond acceptors (Lipinski definition) is 20. The molecule has 6 heterocycles. The number of rotatable bonds is 21. The number of anilines is 8. The predicted octanol–water partition coefficient (Wildman–Crippen LogP) is 18.3. The number of urea groups is 1. The number of alkyl carbamates (subject to hydrolysis) is 1. The predicted molar refractivity (Wildman–Crippen MR) is 449 cm³/mol. The summed E-state index contributed by atoms with van der Waals surface area (Å²) in [6.07, 6.45) is 8.32. The minimum Gasteiger partial charge on any atom is -0.488 e. The third-order valence-electron chi connectivity index (χ3n) is 17.1. The van der Waals surface area contributed by atoms with Crippen LogP contribution in [0.15, 0.2) is 225 Å². The number of ether oxygens (including phenoxy) is 5. The van der Waals surface area contributed by atoms with Gasteiger partial charge in [0.05, 0.1) is 71.1 Å². The van der Waals surface area contributed by atoms with Crippen LogP contribution in [0, 0.1) is 13.8 Å². The van der Waals surface area contributed by atoms with Crippen molar-refractivity contribution in [3.8, 4) is 28.6 Å². The molecule has 6 aromatic heterocycles. The zero-order valence-corrected chi connectivity index (χ0v) is 66.9. The first-order valence-corrected chi connectivity index (χ1v) is 37.3. The van der Waals surface area contributed by atoms with Gasteiger partial charge < -0.3 is 56.0 Å². The van der Waals surface area contributed by atoms with Crippen molar-refractivity contribution in [2.24, 2.45) is 0 Å². The number of pyridine rings is 2. The molecule has 0 unspecified atom stereocenters. The van der Waals surface area contributed by atoms with Crippen LogP contribution < -0.4 is 57.2 Å². The molecule has 0 saturated carbocycles. The molecule has 0 spiro atoms. The Morgan fingerprint density at radius 2 is 0.957 bits per heavy atom. The molecule has 0 bridgehead atoms. The van der Waals surface area contributed by atoms with Crippen molar-refractivity contribution in [3.05, 3.63) is 270 Å². The van der Waals surface area contributed by atoms with E-state index >= 15 is 0 Å². The molecule has 115 heavy (non-hydrogen) atoms. The first kappa shape index (κ1) is 82.1. The van der Waals surface area contributed by atoms with Crippen molar-refractivity contribution >= 4 is 92.0 Å². The second-order valence-corrected chi connectivity index (χ2v) is 31.0. The lowest BCUT2D eigenvalue weighted by molar-refractivity contribution is -0.0112. The number of fused-ring (bicyclic) bond motifs is 2. The van der Waals surface area contributed by atoms with Crippen LogP contribution in [0.4, 0.5) is 60.7 Å². The van der Waals surface area contributed by atoms with Gasteiger partial charge in [0, 0.05) is 62.6 Å². The number of nitrogens with one attached hydrogen (secondary N) is 7. The average molecular weight is 1550 g/mol. The molecule has 5 amide bonds. The molecule has 0 fully saturated rings. The van der Waals surface area contributed by atoms with Crippen molar-refractivity contribution in [2.45, 2.75) is 139 Å².